The monoisotopic (exact) mass is 264 g/mol. The van der Waals surface area contributed by atoms with Crippen LogP contribution in [0.25, 0.3) is 0 Å². The Morgan fingerprint density at radius 2 is 2.00 bits per heavy atom. The number of nitrogens with zero attached hydrogens (tertiary/aromatic N) is 1. The van der Waals surface area contributed by atoms with Crippen LogP contribution in [-0.2, 0) is 11.8 Å². The van der Waals surface area contributed by atoms with E-state index in [9.17, 15) is 4.79 Å². The van der Waals surface area contributed by atoms with Crippen molar-refractivity contribution in [3.63, 3.8) is 0 Å². The maximum absolute atomic E-state index is 12.6. The minimum absolute atomic E-state index is 0.105. The Bertz CT molecular complexity index is 498. The number of rotatable bonds is 1. The molecule has 3 nitrogen and oxygen atoms in total. The lowest BCUT2D eigenvalue weighted by Gasteiger charge is -2.22. The summed E-state index contributed by atoms with van der Waals surface area (Å²) in [5.74, 6) is 0.164. The number of anilines is 1. The average molecular weight is 264 g/mol. The Labute approximate surface area is 112 Å². The number of hydrogen-bond donors (Lipinski definition) is 1. The largest absolute Gasteiger partial charge is 0.390 e. The molecule has 1 aliphatic heterocycles. The van der Waals surface area contributed by atoms with E-state index in [1.807, 2.05) is 4.90 Å². The topological polar surface area (TPSA) is 46.3 Å². The Hall–Kier alpha value is -1.03. The van der Waals surface area contributed by atoms with Crippen molar-refractivity contribution in [2.24, 2.45) is 0 Å². The van der Waals surface area contributed by atoms with Crippen molar-refractivity contribution in [2.75, 3.05) is 18.8 Å². The van der Waals surface area contributed by atoms with Crippen molar-refractivity contribution >= 4 is 22.2 Å². The van der Waals surface area contributed by atoms with Gasteiger partial charge >= 0.3 is 0 Å². The third-order valence-corrected chi connectivity index (χ3v) is 5.35. The van der Waals surface area contributed by atoms with Crippen molar-refractivity contribution < 1.29 is 4.79 Å². The van der Waals surface area contributed by atoms with E-state index in [4.69, 9.17) is 5.73 Å². The summed E-state index contributed by atoms with van der Waals surface area (Å²) in [6.07, 6.45) is 4.46. The number of aryl methyl sites for hydroxylation is 1. The summed E-state index contributed by atoms with van der Waals surface area (Å²) in [7, 11) is 0. The standard InChI is InChI=1S/C14H20N2OS/c1-14(2)6-5-9-11(14)10(12(15)18-9)13(17)16-7-3-4-8-16/h3-8,15H2,1-2H3. The number of thiophene rings is 1. The zero-order valence-electron chi connectivity index (χ0n) is 11.1. The molecule has 2 heterocycles. The molecule has 0 radical (unpaired) electrons. The molecule has 0 unspecified atom stereocenters. The van der Waals surface area contributed by atoms with Gasteiger partial charge in [-0.25, -0.2) is 0 Å². The zero-order valence-corrected chi connectivity index (χ0v) is 11.9. The van der Waals surface area contributed by atoms with Gasteiger partial charge in [-0.05, 0) is 36.7 Å². The summed E-state index contributed by atoms with van der Waals surface area (Å²) >= 11 is 1.62. The summed E-state index contributed by atoms with van der Waals surface area (Å²) in [5, 5.41) is 0.727. The number of fused-ring (bicyclic) bond motifs is 1. The van der Waals surface area contributed by atoms with E-state index in [2.05, 4.69) is 13.8 Å². The molecular formula is C14H20N2OS. The Balaban J connectivity index is 2.04. The van der Waals surface area contributed by atoms with Gasteiger partial charge in [0.2, 0.25) is 0 Å². The lowest BCUT2D eigenvalue weighted by atomic mass is 9.85. The van der Waals surface area contributed by atoms with E-state index in [1.54, 1.807) is 11.3 Å². The molecule has 18 heavy (non-hydrogen) atoms. The van der Waals surface area contributed by atoms with Crippen LogP contribution in [0, 0.1) is 0 Å². The molecule has 3 rings (SSSR count). The summed E-state index contributed by atoms with van der Waals surface area (Å²) in [4.78, 5) is 15.9. The Kier molecular flexibility index (Phi) is 2.66. The summed E-state index contributed by atoms with van der Waals surface area (Å²) in [5.41, 5.74) is 8.27. The molecule has 0 bridgehead atoms. The van der Waals surface area contributed by atoms with Gasteiger partial charge in [-0.3, -0.25) is 4.79 Å². The van der Waals surface area contributed by atoms with Gasteiger partial charge in [-0.15, -0.1) is 11.3 Å². The third kappa shape index (κ3) is 1.66. The third-order valence-electron chi connectivity index (χ3n) is 4.27. The number of carbonyl (C=O) groups is 1. The van der Waals surface area contributed by atoms with Gasteiger partial charge in [0, 0.05) is 18.0 Å². The first-order valence-electron chi connectivity index (χ1n) is 6.71. The highest BCUT2D eigenvalue weighted by Gasteiger charge is 2.38. The molecule has 1 aromatic heterocycles. The summed E-state index contributed by atoms with van der Waals surface area (Å²) in [6.45, 7) is 6.24. The van der Waals surface area contributed by atoms with Gasteiger partial charge in [-0.2, -0.15) is 0 Å². The van der Waals surface area contributed by atoms with Gasteiger partial charge < -0.3 is 10.6 Å². The van der Waals surface area contributed by atoms with Gasteiger partial charge in [-0.1, -0.05) is 13.8 Å². The molecule has 2 aliphatic rings. The molecule has 1 saturated heterocycles. The molecule has 1 amide bonds. The maximum atomic E-state index is 12.6. The first kappa shape index (κ1) is 12.0. The molecule has 0 saturated carbocycles. The zero-order chi connectivity index (χ0) is 12.9. The van der Waals surface area contributed by atoms with Crippen LogP contribution in [0.5, 0.6) is 0 Å². The maximum Gasteiger partial charge on any atom is 0.257 e. The quantitative estimate of drug-likeness (QED) is 0.848. The smallest absolute Gasteiger partial charge is 0.257 e. The number of carbonyl (C=O) groups excluding carboxylic acids is 1. The van der Waals surface area contributed by atoms with Crippen molar-refractivity contribution in [2.45, 2.75) is 44.9 Å². The normalized spacial score (nSPS) is 21.3. The van der Waals surface area contributed by atoms with Gasteiger partial charge in [0.15, 0.2) is 0 Å². The van der Waals surface area contributed by atoms with Crippen LogP contribution in [0.4, 0.5) is 5.00 Å². The molecule has 2 N–H and O–H groups in total. The fourth-order valence-corrected chi connectivity index (χ4v) is 4.47. The van der Waals surface area contributed by atoms with Crippen molar-refractivity contribution in [3.05, 3.63) is 16.0 Å². The van der Waals surface area contributed by atoms with Crippen molar-refractivity contribution in [1.82, 2.24) is 4.90 Å². The van der Waals surface area contributed by atoms with Crippen LogP contribution in [0.3, 0.4) is 0 Å². The first-order chi connectivity index (χ1) is 8.50. The van der Waals surface area contributed by atoms with Gasteiger partial charge in [0.1, 0.15) is 0 Å². The van der Waals surface area contributed by atoms with Crippen LogP contribution in [0.15, 0.2) is 0 Å². The number of nitrogen functional groups attached to an aromatic ring is 1. The first-order valence-corrected chi connectivity index (χ1v) is 7.53. The molecule has 0 atom stereocenters. The summed E-state index contributed by atoms with van der Waals surface area (Å²) in [6, 6.07) is 0. The van der Waals surface area contributed by atoms with E-state index in [0.29, 0.717) is 0 Å². The van der Waals surface area contributed by atoms with E-state index in [0.717, 1.165) is 49.3 Å². The molecule has 0 spiro atoms. The fraction of sp³-hybridized carbons (Fsp3) is 0.643. The Morgan fingerprint density at radius 1 is 1.33 bits per heavy atom. The minimum Gasteiger partial charge on any atom is -0.390 e. The highest BCUT2D eigenvalue weighted by Crippen LogP contribution is 2.47. The van der Waals surface area contributed by atoms with Gasteiger partial charge in [0.25, 0.3) is 5.91 Å². The molecule has 98 valence electrons. The Morgan fingerprint density at radius 3 is 2.67 bits per heavy atom. The van der Waals surface area contributed by atoms with Crippen LogP contribution in [-0.4, -0.2) is 23.9 Å². The summed E-state index contributed by atoms with van der Waals surface area (Å²) < 4.78 is 0. The average Bonchev–Trinajstić information content (AvgIpc) is 2.97. The van der Waals surface area contributed by atoms with E-state index >= 15 is 0 Å². The van der Waals surface area contributed by atoms with E-state index in [-0.39, 0.29) is 11.3 Å². The second kappa shape index (κ2) is 3.98. The molecule has 1 aliphatic carbocycles. The fourth-order valence-electron chi connectivity index (χ4n) is 3.23. The van der Waals surface area contributed by atoms with Crippen LogP contribution >= 0.6 is 11.3 Å². The van der Waals surface area contributed by atoms with E-state index in [1.165, 1.54) is 10.4 Å². The minimum atomic E-state index is 0.105. The lowest BCUT2D eigenvalue weighted by molar-refractivity contribution is 0.0792. The predicted octanol–water partition coefficient (Wildman–Crippen LogP) is 2.79. The van der Waals surface area contributed by atoms with Crippen LogP contribution in [0.1, 0.15) is 53.9 Å². The second-order valence-corrected chi connectivity index (χ2v) is 7.16. The highest BCUT2D eigenvalue weighted by molar-refractivity contribution is 7.16. The lowest BCUT2D eigenvalue weighted by Crippen LogP contribution is -2.30. The van der Waals surface area contributed by atoms with Crippen molar-refractivity contribution in [1.29, 1.82) is 0 Å². The number of nitrogens with two attached hydrogens (primary N) is 1. The number of likely N-dealkylation sites (tertiary alicyclic amines) is 1. The molecular weight excluding hydrogens is 244 g/mol. The molecule has 1 fully saturated rings. The van der Waals surface area contributed by atoms with Crippen LogP contribution in [0.2, 0.25) is 0 Å². The van der Waals surface area contributed by atoms with Crippen LogP contribution < -0.4 is 5.73 Å². The molecule has 4 heteroatoms. The highest BCUT2D eigenvalue weighted by atomic mass is 32.1. The SMILES string of the molecule is CC1(C)CCc2sc(N)c(C(=O)N3CCCC3)c21. The predicted molar refractivity (Wildman–Crippen MR) is 75.2 cm³/mol. The molecule has 1 aromatic rings. The van der Waals surface area contributed by atoms with E-state index < -0.39 is 0 Å². The number of hydrogen-bond acceptors (Lipinski definition) is 3. The second-order valence-electron chi connectivity index (χ2n) is 6.02. The molecule has 0 aromatic carbocycles. The van der Waals surface area contributed by atoms with Crippen molar-refractivity contribution in [3.8, 4) is 0 Å². The number of amides is 1. The van der Waals surface area contributed by atoms with Gasteiger partial charge in [0.05, 0.1) is 10.6 Å².